The first kappa shape index (κ1) is 15.0. The Morgan fingerprint density at radius 2 is 1.50 bits per heavy atom. The van der Waals surface area contributed by atoms with Crippen LogP contribution in [-0.2, 0) is 12.8 Å². The summed E-state index contributed by atoms with van der Waals surface area (Å²) in [5, 5.41) is 4.02. The van der Waals surface area contributed by atoms with Gasteiger partial charge in [-0.1, -0.05) is 24.3 Å². The summed E-state index contributed by atoms with van der Waals surface area (Å²) >= 11 is 3.36. The smallest absolute Gasteiger partial charge is 0.151 e. The summed E-state index contributed by atoms with van der Waals surface area (Å²) in [5.41, 5.74) is 3.30. The fraction of sp³-hybridized carbons (Fsp3) is 0.167. The van der Waals surface area contributed by atoms with Gasteiger partial charge < -0.3 is 4.74 Å². The second-order valence-electron chi connectivity index (χ2n) is 5.00. The number of benzene rings is 1. The van der Waals surface area contributed by atoms with Gasteiger partial charge in [-0.2, -0.15) is 0 Å². The van der Waals surface area contributed by atoms with Gasteiger partial charge in [-0.15, -0.1) is 22.7 Å². The van der Waals surface area contributed by atoms with Crippen LogP contribution in [0.15, 0.2) is 47.2 Å². The average Bonchev–Trinajstić information content (AvgIpc) is 3.17. The molecule has 0 unspecified atom stereocenters. The van der Waals surface area contributed by atoms with Crippen molar-refractivity contribution >= 4 is 29.0 Å². The predicted octanol–water partition coefficient (Wildman–Crippen LogP) is 4.81. The molecule has 2 heterocycles. The largest absolute Gasteiger partial charge is 0.496 e. The Labute approximate surface area is 138 Å². The van der Waals surface area contributed by atoms with E-state index in [1.807, 2.05) is 17.5 Å². The first-order valence-corrected chi connectivity index (χ1v) is 8.76. The van der Waals surface area contributed by atoms with E-state index < -0.39 is 0 Å². The van der Waals surface area contributed by atoms with E-state index in [9.17, 15) is 4.79 Å². The van der Waals surface area contributed by atoms with Gasteiger partial charge in [0.2, 0.25) is 0 Å². The third-order valence-electron chi connectivity index (χ3n) is 3.58. The standard InChI is InChI=1S/C18H16O2S2/c1-20-16-7-9-22-18(16)11-14-4-2-13(3-5-14)10-17-15(12-19)6-8-21-17/h2-9,12H,10-11H2,1H3. The molecular weight excluding hydrogens is 312 g/mol. The number of rotatable bonds is 6. The highest BCUT2D eigenvalue weighted by Gasteiger charge is 2.07. The topological polar surface area (TPSA) is 26.3 Å². The van der Waals surface area contributed by atoms with Gasteiger partial charge >= 0.3 is 0 Å². The van der Waals surface area contributed by atoms with Gasteiger partial charge in [0.25, 0.3) is 0 Å². The average molecular weight is 328 g/mol. The third kappa shape index (κ3) is 3.29. The first-order chi connectivity index (χ1) is 10.8. The van der Waals surface area contributed by atoms with Gasteiger partial charge in [-0.3, -0.25) is 4.79 Å². The second kappa shape index (κ2) is 6.90. The van der Waals surface area contributed by atoms with Crippen molar-refractivity contribution in [2.24, 2.45) is 0 Å². The van der Waals surface area contributed by atoms with Gasteiger partial charge in [0, 0.05) is 23.3 Å². The van der Waals surface area contributed by atoms with Crippen LogP contribution >= 0.6 is 22.7 Å². The van der Waals surface area contributed by atoms with E-state index in [1.54, 1.807) is 29.8 Å². The van der Waals surface area contributed by atoms with Crippen LogP contribution in [0.3, 0.4) is 0 Å². The number of aldehydes is 1. The number of hydrogen-bond donors (Lipinski definition) is 0. The van der Waals surface area contributed by atoms with Gasteiger partial charge in [0.15, 0.2) is 6.29 Å². The molecular formula is C18H16O2S2. The van der Waals surface area contributed by atoms with Crippen molar-refractivity contribution in [1.82, 2.24) is 0 Å². The molecule has 0 amide bonds. The Morgan fingerprint density at radius 3 is 2.14 bits per heavy atom. The fourth-order valence-corrected chi connectivity index (χ4v) is 4.14. The highest BCUT2D eigenvalue weighted by molar-refractivity contribution is 7.10. The van der Waals surface area contributed by atoms with Crippen LogP contribution in [0, 0.1) is 0 Å². The van der Waals surface area contributed by atoms with Crippen LogP contribution in [0.1, 0.15) is 31.2 Å². The van der Waals surface area contributed by atoms with E-state index in [0.29, 0.717) is 0 Å². The molecule has 1 aromatic carbocycles. The minimum atomic E-state index is 0.803. The summed E-state index contributed by atoms with van der Waals surface area (Å²) in [6.07, 6.45) is 2.64. The van der Waals surface area contributed by atoms with E-state index in [0.717, 1.165) is 35.3 Å². The summed E-state index contributed by atoms with van der Waals surface area (Å²) in [7, 11) is 1.71. The van der Waals surface area contributed by atoms with Crippen LogP contribution in [-0.4, -0.2) is 13.4 Å². The van der Waals surface area contributed by atoms with E-state index in [-0.39, 0.29) is 0 Å². The maximum atomic E-state index is 11.0. The van der Waals surface area contributed by atoms with Gasteiger partial charge in [-0.25, -0.2) is 0 Å². The lowest BCUT2D eigenvalue weighted by Gasteiger charge is -2.05. The molecule has 22 heavy (non-hydrogen) atoms. The number of carbonyl (C=O) groups excluding carboxylic acids is 1. The van der Waals surface area contributed by atoms with E-state index in [2.05, 4.69) is 29.6 Å². The van der Waals surface area contributed by atoms with Crippen molar-refractivity contribution in [3.63, 3.8) is 0 Å². The van der Waals surface area contributed by atoms with Crippen LogP contribution in [0.5, 0.6) is 5.75 Å². The molecule has 0 radical (unpaired) electrons. The summed E-state index contributed by atoms with van der Waals surface area (Å²) in [6.45, 7) is 0. The Bertz CT molecular complexity index is 754. The molecule has 0 saturated carbocycles. The maximum absolute atomic E-state index is 11.0. The molecule has 0 aliphatic heterocycles. The number of hydrogen-bond acceptors (Lipinski definition) is 4. The van der Waals surface area contributed by atoms with Gasteiger partial charge in [0.1, 0.15) is 5.75 Å². The lowest BCUT2D eigenvalue weighted by molar-refractivity contribution is 0.112. The van der Waals surface area contributed by atoms with Crippen molar-refractivity contribution in [1.29, 1.82) is 0 Å². The Morgan fingerprint density at radius 1 is 0.909 bits per heavy atom. The molecule has 0 atom stereocenters. The Kier molecular flexibility index (Phi) is 4.71. The van der Waals surface area contributed by atoms with Gasteiger partial charge in [0.05, 0.1) is 12.0 Å². The molecule has 0 spiro atoms. The van der Waals surface area contributed by atoms with Crippen molar-refractivity contribution in [3.8, 4) is 5.75 Å². The molecule has 0 N–H and O–H groups in total. The maximum Gasteiger partial charge on any atom is 0.151 e. The normalized spacial score (nSPS) is 10.6. The molecule has 3 aromatic rings. The molecule has 3 rings (SSSR count). The molecule has 0 fully saturated rings. The molecule has 112 valence electrons. The van der Waals surface area contributed by atoms with Crippen molar-refractivity contribution in [3.05, 3.63) is 73.6 Å². The summed E-state index contributed by atoms with van der Waals surface area (Å²) in [6, 6.07) is 12.5. The first-order valence-electron chi connectivity index (χ1n) is 7.00. The summed E-state index contributed by atoms with van der Waals surface area (Å²) < 4.78 is 5.36. The number of carbonyl (C=O) groups is 1. The zero-order valence-corrected chi connectivity index (χ0v) is 13.9. The molecule has 2 aromatic heterocycles. The summed E-state index contributed by atoms with van der Waals surface area (Å²) in [4.78, 5) is 13.3. The summed E-state index contributed by atoms with van der Waals surface area (Å²) in [5.74, 6) is 0.961. The van der Waals surface area contributed by atoms with Crippen LogP contribution in [0.4, 0.5) is 0 Å². The number of methoxy groups -OCH3 is 1. The molecule has 0 bridgehead atoms. The minimum Gasteiger partial charge on any atom is -0.496 e. The zero-order valence-electron chi connectivity index (χ0n) is 12.2. The molecule has 4 heteroatoms. The highest BCUT2D eigenvalue weighted by Crippen LogP contribution is 2.27. The van der Waals surface area contributed by atoms with Crippen molar-refractivity contribution in [2.45, 2.75) is 12.8 Å². The Hall–Kier alpha value is -1.91. The molecule has 0 aliphatic carbocycles. The monoisotopic (exact) mass is 328 g/mol. The van der Waals surface area contributed by atoms with Gasteiger partial charge in [-0.05, 0) is 34.0 Å². The lowest BCUT2D eigenvalue weighted by atomic mass is 10.0. The van der Waals surface area contributed by atoms with Crippen LogP contribution in [0.2, 0.25) is 0 Å². The van der Waals surface area contributed by atoms with Crippen LogP contribution < -0.4 is 4.74 Å². The number of thiophene rings is 2. The van der Waals surface area contributed by atoms with E-state index in [1.165, 1.54) is 16.0 Å². The van der Waals surface area contributed by atoms with Crippen molar-refractivity contribution < 1.29 is 9.53 Å². The van der Waals surface area contributed by atoms with Crippen molar-refractivity contribution in [2.75, 3.05) is 7.11 Å². The van der Waals surface area contributed by atoms with Crippen LogP contribution in [0.25, 0.3) is 0 Å². The lowest BCUT2D eigenvalue weighted by Crippen LogP contribution is -1.92. The number of ether oxygens (including phenoxy) is 1. The zero-order chi connectivity index (χ0) is 15.4. The fourth-order valence-electron chi connectivity index (χ4n) is 2.38. The van der Waals surface area contributed by atoms with E-state index >= 15 is 0 Å². The second-order valence-corrected chi connectivity index (χ2v) is 7.00. The quantitative estimate of drug-likeness (QED) is 0.607. The Balaban J connectivity index is 1.71. The minimum absolute atomic E-state index is 0.803. The third-order valence-corrected chi connectivity index (χ3v) is 5.42. The molecule has 0 saturated heterocycles. The highest BCUT2D eigenvalue weighted by atomic mass is 32.1. The van der Waals surface area contributed by atoms with E-state index in [4.69, 9.17) is 4.74 Å². The molecule has 0 aliphatic rings. The molecule has 2 nitrogen and oxygen atoms in total. The SMILES string of the molecule is COc1ccsc1Cc1ccc(Cc2sccc2C=O)cc1. The predicted molar refractivity (Wildman–Crippen MR) is 92.6 cm³/mol.